The average molecular weight is 544 g/mol. The minimum Gasteiger partial charge on any atom is -0.494 e. The Hall–Kier alpha value is -4.00. The molecule has 0 aliphatic rings. The fourth-order valence-corrected chi connectivity index (χ4v) is 4.79. The highest BCUT2D eigenvalue weighted by molar-refractivity contribution is 5.94. The van der Waals surface area contributed by atoms with E-state index < -0.39 is 0 Å². The molecule has 1 N–H and O–H groups in total. The van der Waals surface area contributed by atoms with Crippen LogP contribution >= 0.6 is 0 Å². The van der Waals surface area contributed by atoms with Crippen molar-refractivity contribution in [3.05, 3.63) is 83.7 Å². The van der Waals surface area contributed by atoms with E-state index >= 15 is 0 Å². The molecule has 0 spiro atoms. The molecule has 0 aliphatic heterocycles. The van der Waals surface area contributed by atoms with E-state index in [9.17, 15) is 4.79 Å². The van der Waals surface area contributed by atoms with Crippen LogP contribution in [0.15, 0.2) is 66.7 Å². The molecule has 7 heteroatoms. The molecule has 4 aromatic rings. The van der Waals surface area contributed by atoms with Crippen LogP contribution in [0.4, 0.5) is 0 Å². The molecule has 1 amide bonds. The second-order valence-electron chi connectivity index (χ2n) is 10.2. The quantitative estimate of drug-likeness (QED) is 0.167. The minimum absolute atomic E-state index is 0.110. The topological polar surface area (TPSA) is 74.6 Å². The van der Waals surface area contributed by atoms with Crippen molar-refractivity contribution in [2.45, 2.75) is 58.4 Å². The molecule has 0 aliphatic carbocycles. The Morgan fingerprint density at radius 1 is 0.900 bits per heavy atom. The van der Waals surface area contributed by atoms with E-state index in [2.05, 4.69) is 66.2 Å². The molecule has 0 bridgehead atoms. The van der Waals surface area contributed by atoms with Crippen LogP contribution in [0.3, 0.4) is 0 Å². The molecular formula is C33H41N3O4. The lowest BCUT2D eigenvalue weighted by molar-refractivity contribution is 0.0952. The molecule has 4 rings (SSSR count). The molecule has 0 fully saturated rings. The Labute approximate surface area is 237 Å². The highest BCUT2D eigenvalue weighted by Crippen LogP contribution is 2.27. The maximum atomic E-state index is 12.5. The number of aromatic nitrogens is 2. The number of carbonyl (C=O) groups is 1. The number of carbonyl (C=O) groups excluding carboxylic acids is 1. The fraction of sp³-hybridized carbons (Fsp3) is 0.394. The molecule has 7 nitrogen and oxygen atoms in total. The third kappa shape index (κ3) is 7.56. The van der Waals surface area contributed by atoms with Crippen molar-refractivity contribution in [1.29, 1.82) is 0 Å². The van der Waals surface area contributed by atoms with Gasteiger partial charge in [-0.25, -0.2) is 4.98 Å². The van der Waals surface area contributed by atoms with Crippen LogP contribution in [0, 0.1) is 0 Å². The first-order valence-corrected chi connectivity index (χ1v) is 14.2. The van der Waals surface area contributed by atoms with E-state index in [1.54, 1.807) is 32.4 Å². The van der Waals surface area contributed by atoms with E-state index in [4.69, 9.17) is 19.2 Å². The van der Waals surface area contributed by atoms with Gasteiger partial charge < -0.3 is 24.1 Å². The molecule has 1 heterocycles. The number of hydrogen-bond donors (Lipinski definition) is 1. The maximum absolute atomic E-state index is 12.5. The van der Waals surface area contributed by atoms with Crippen LogP contribution in [-0.2, 0) is 13.0 Å². The van der Waals surface area contributed by atoms with Crippen LogP contribution in [0.5, 0.6) is 17.2 Å². The molecule has 0 saturated heterocycles. The van der Waals surface area contributed by atoms with Crippen molar-refractivity contribution in [3.8, 4) is 17.2 Å². The predicted octanol–water partition coefficient (Wildman–Crippen LogP) is 6.79. The van der Waals surface area contributed by atoms with Gasteiger partial charge in [-0.1, -0.05) is 44.5 Å². The summed E-state index contributed by atoms with van der Waals surface area (Å²) in [5.74, 6) is 3.58. The highest BCUT2D eigenvalue weighted by Gasteiger charge is 2.12. The standard InChI is InChI=1S/C33H41N3O4/c1-24(2)25-14-17-27(18-15-25)40-22-10-21-36-29-12-8-7-11-28(29)35-32(36)13-6-5-9-20-34-33(37)26-16-19-30(38-3)31(23-26)39-4/h7-8,11-12,14-19,23-24H,5-6,9-10,13,20-22H2,1-4H3,(H,34,37). The van der Waals surface area contributed by atoms with E-state index in [-0.39, 0.29) is 5.91 Å². The number of fused-ring (bicyclic) bond motifs is 1. The number of amides is 1. The van der Waals surface area contributed by atoms with E-state index in [1.807, 2.05) is 6.07 Å². The monoisotopic (exact) mass is 543 g/mol. The summed E-state index contributed by atoms with van der Waals surface area (Å²) < 4.78 is 18.9. The zero-order valence-electron chi connectivity index (χ0n) is 24.1. The van der Waals surface area contributed by atoms with Gasteiger partial charge in [0.05, 0.1) is 31.9 Å². The van der Waals surface area contributed by atoms with Gasteiger partial charge in [0.15, 0.2) is 11.5 Å². The molecule has 1 aromatic heterocycles. The molecule has 40 heavy (non-hydrogen) atoms. The second kappa shape index (κ2) is 14.4. The van der Waals surface area contributed by atoms with Crippen molar-refractivity contribution >= 4 is 16.9 Å². The van der Waals surface area contributed by atoms with Crippen LogP contribution in [0.25, 0.3) is 11.0 Å². The van der Waals surface area contributed by atoms with E-state index in [1.165, 1.54) is 11.1 Å². The predicted molar refractivity (Wildman–Crippen MR) is 160 cm³/mol. The number of para-hydroxylation sites is 2. The summed E-state index contributed by atoms with van der Waals surface area (Å²) in [7, 11) is 3.14. The third-order valence-electron chi connectivity index (χ3n) is 7.08. The number of ether oxygens (including phenoxy) is 3. The molecule has 212 valence electrons. The summed E-state index contributed by atoms with van der Waals surface area (Å²) in [5, 5.41) is 3.01. The van der Waals surface area contributed by atoms with Crippen LogP contribution in [0.1, 0.15) is 67.2 Å². The fourth-order valence-electron chi connectivity index (χ4n) is 4.79. The summed E-state index contributed by atoms with van der Waals surface area (Å²) in [6.45, 7) is 6.54. The Kier molecular flexibility index (Phi) is 10.4. The van der Waals surface area contributed by atoms with Crippen LogP contribution < -0.4 is 19.5 Å². The Morgan fingerprint density at radius 2 is 1.68 bits per heavy atom. The van der Waals surface area contributed by atoms with E-state index in [0.29, 0.717) is 36.1 Å². The number of imidazole rings is 1. The van der Waals surface area contributed by atoms with Gasteiger partial charge in [-0.3, -0.25) is 4.79 Å². The normalized spacial score (nSPS) is 11.1. The first-order chi connectivity index (χ1) is 19.5. The van der Waals surface area contributed by atoms with Gasteiger partial charge in [0.25, 0.3) is 5.91 Å². The first kappa shape index (κ1) is 29.0. The number of hydrogen-bond acceptors (Lipinski definition) is 5. The zero-order valence-corrected chi connectivity index (χ0v) is 24.1. The highest BCUT2D eigenvalue weighted by atomic mass is 16.5. The molecule has 0 saturated carbocycles. The smallest absolute Gasteiger partial charge is 0.251 e. The summed E-state index contributed by atoms with van der Waals surface area (Å²) in [6, 6.07) is 21.9. The zero-order chi connectivity index (χ0) is 28.3. The number of nitrogens with one attached hydrogen (secondary N) is 1. The molecular weight excluding hydrogens is 502 g/mol. The van der Waals surface area contributed by atoms with Gasteiger partial charge in [-0.05, 0) is 73.2 Å². The van der Waals surface area contributed by atoms with Crippen molar-refractivity contribution in [3.63, 3.8) is 0 Å². The third-order valence-corrected chi connectivity index (χ3v) is 7.08. The van der Waals surface area contributed by atoms with Gasteiger partial charge in [-0.2, -0.15) is 0 Å². The molecule has 0 atom stereocenters. The Morgan fingerprint density at radius 3 is 2.42 bits per heavy atom. The van der Waals surface area contributed by atoms with Gasteiger partial charge in [0.2, 0.25) is 0 Å². The largest absolute Gasteiger partial charge is 0.494 e. The Bertz CT molecular complexity index is 1380. The molecule has 0 unspecified atom stereocenters. The van der Waals surface area contributed by atoms with Gasteiger partial charge >= 0.3 is 0 Å². The van der Waals surface area contributed by atoms with Crippen molar-refractivity contribution < 1.29 is 19.0 Å². The summed E-state index contributed by atoms with van der Waals surface area (Å²) in [5.41, 5.74) is 4.08. The SMILES string of the molecule is COc1ccc(C(=O)NCCCCCc2nc3ccccc3n2CCCOc2ccc(C(C)C)cc2)cc1OC. The van der Waals surface area contributed by atoms with Crippen molar-refractivity contribution in [2.75, 3.05) is 27.4 Å². The van der Waals surface area contributed by atoms with Crippen LogP contribution in [0.2, 0.25) is 0 Å². The Balaban J connectivity index is 1.23. The number of benzene rings is 3. The average Bonchev–Trinajstić information content (AvgIpc) is 3.33. The lowest BCUT2D eigenvalue weighted by Gasteiger charge is -2.12. The first-order valence-electron chi connectivity index (χ1n) is 14.2. The number of rotatable bonds is 15. The van der Waals surface area contributed by atoms with Gasteiger partial charge in [0.1, 0.15) is 11.6 Å². The number of unbranched alkanes of at least 4 members (excludes halogenated alkanes) is 2. The van der Waals surface area contributed by atoms with E-state index in [0.717, 1.165) is 55.7 Å². The maximum Gasteiger partial charge on any atom is 0.251 e. The van der Waals surface area contributed by atoms with Gasteiger partial charge in [0, 0.05) is 25.1 Å². The second-order valence-corrected chi connectivity index (χ2v) is 10.2. The summed E-state index contributed by atoms with van der Waals surface area (Å²) in [6.07, 6.45) is 4.72. The minimum atomic E-state index is -0.110. The number of nitrogens with zero attached hydrogens (tertiary/aromatic N) is 2. The summed E-state index contributed by atoms with van der Waals surface area (Å²) >= 11 is 0. The lowest BCUT2D eigenvalue weighted by atomic mass is 10.0. The summed E-state index contributed by atoms with van der Waals surface area (Å²) in [4.78, 5) is 17.5. The number of methoxy groups -OCH3 is 2. The van der Waals surface area contributed by atoms with Crippen molar-refractivity contribution in [2.24, 2.45) is 0 Å². The lowest BCUT2D eigenvalue weighted by Crippen LogP contribution is -2.24. The molecule has 3 aromatic carbocycles. The molecule has 0 radical (unpaired) electrons. The number of aryl methyl sites for hydroxylation is 2. The van der Waals surface area contributed by atoms with Gasteiger partial charge in [-0.15, -0.1) is 0 Å². The van der Waals surface area contributed by atoms with Crippen LogP contribution in [-0.4, -0.2) is 42.8 Å². The van der Waals surface area contributed by atoms with Crippen molar-refractivity contribution in [1.82, 2.24) is 14.9 Å².